The van der Waals surface area contributed by atoms with E-state index < -0.39 is 23.0 Å². The molecule has 0 rings (SSSR count). The Hall–Kier alpha value is 0.340. The maximum absolute atomic E-state index is 11.0. The number of unbranched alkanes of at least 4 members (excludes halogenated alkanes) is 9. The molecule has 126 valence electrons. The first kappa shape index (κ1) is 24.6. The third-order valence-corrected chi connectivity index (χ3v) is 3.49. The maximum atomic E-state index is 11.0. The maximum Gasteiger partial charge on any atom is 1.00 e. The summed E-state index contributed by atoms with van der Waals surface area (Å²) in [4.78, 5) is 11.0. The Morgan fingerprint density at radius 3 is 1.82 bits per heavy atom. The summed E-state index contributed by atoms with van der Waals surface area (Å²) in [6, 6.07) is 0. The average molecular weight is 346 g/mol. The third-order valence-electron chi connectivity index (χ3n) is 3.08. The van der Waals surface area contributed by atoms with E-state index in [0.29, 0.717) is 0 Å². The van der Waals surface area contributed by atoms with E-state index in [1.54, 1.807) is 0 Å². The SMILES string of the molecule is CCCCCCCCCCCCOC(=O)COS(=O)(=O)[O-].[Na+]. The summed E-state index contributed by atoms with van der Waals surface area (Å²) >= 11 is 0. The number of esters is 1. The van der Waals surface area contributed by atoms with Gasteiger partial charge in [0, 0.05) is 0 Å². The van der Waals surface area contributed by atoms with Crippen LogP contribution in [0.2, 0.25) is 0 Å². The summed E-state index contributed by atoms with van der Waals surface area (Å²) in [6.07, 6.45) is 11.8. The molecule has 6 nitrogen and oxygen atoms in total. The second kappa shape index (κ2) is 16.2. The van der Waals surface area contributed by atoms with Gasteiger partial charge in [-0.3, -0.25) is 4.18 Å². The zero-order valence-corrected chi connectivity index (χ0v) is 16.7. The fraction of sp³-hybridized carbons (Fsp3) is 0.929. The van der Waals surface area contributed by atoms with Crippen molar-refractivity contribution < 1.29 is 56.2 Å². The number of hydrogen-bond donors (Lipinski definition) is 0. The van der Waals surface area contributed by atoms with E-state index >= 15 is 0 Å². The first-order valence-corrected chi connectivity index (χ1v) is 9.05. The zero-order chi connectivity index (χ0) is 16.0. The molecule has 0 aromatic carbocycles. The van der Waals surface area contributed by atoms with Gasteiger partial charge in [0.15, 0.2) is 6.61 Å². The van der Waals surface area contributed by atoms with Crippen molar-refractivity contribution in [2.24, 2.45) is 0 Å². The minimum absolute atomic E-state index is 0. The Morgan fingerprint density at radius 2 is 1.36 bits per heavy atom. The van der Waals surface area contributed by atoms with E-state index in [-0.39, 0.29) is 36.2 Å². The number of rotatable bonds is 14. The monoisotopic (exact) mass is 346 g/mol. The van der Waals surface area contributed by atoms with Crippen LogP contribution in [-0.4, -0.2) is 32.2 Å². The van der Waals surface area contributed by atoms with Crippen LogP contribution in [0.1, 0.15) is 71.1 Å². The van der Waals surface area contributed by atoms with Crippen LogP contribution in [0.15, 0.2) is 0 Å². The average Bonchev–Trinajstić information content (AvgIpc) is 2.42. The summed E-state index contributed by atoms with van der Waals surface area (Å²) < 4.78 is 38.9. The van der Waals surface area contributed by atoms with Gasteiger partial charge in [-0.15, -0.1) is 0 Å². The largest absolute Gasteiger partial charge is 1.00 e. The normalized spacial score (nSPS) is 11.0. The number of hydrogen-bond acceptors (Lipinski definition) is 6. The second-order valence-electron chi connectivity index (χ2n) is 5.07. The standard InChI is InChI=1S/C14H28O6S.Na/c1-2-3-4-5-6-7-8-9-10-11-12-19-14(15)13-20-21(16,17)18;/h2-13H2,1H3,(H,16,17,18);/q;+1/p-1. The van der Waals surface area contributed by atoms with Gasteiger partial charge >= 0.3 is 35.5 Å². The molecule has 0 aliphatic rings. The van der Waals surface area contributed by atoms with Gasteiger partial charge in [0.25, 0.3) is 0 Å². The second-order valence-corrected chi connectivity index (χ2v) is 6.13. The van der Waals surface area contributed by atoms with Crippen LogP contribution in [0.25, 0.3) is 0 Å². The summed E-state index contributed by atoms with van der Waals surface area (Å²) in [5, 5.41) is 0. The molecule has 0 spiro atoms. The van der Waals surface area contributed by atoms with Crippen LogP contribution in [0.3, 0.4) is 0 Å². The molecule has 0 saturated heterocycles. The van der Waals surface area contributed by atoms with Crippen LogP contribution in [-0.2, 0) is 24.1 Å². The minimum Gasteiger partial charge on any atom is -0.726 e. The van der Waals surface area contributed by atoms with Gasteiger partial charge in [0.1, 0.15) is 0 Å². The first-order valence-electron chi connectivity index (χ1n) is 7.71. The molecule has 0 N–H and O–H groups in total. The van der Waals surface area contributed by atoms with E-state index in [9.17, 15) is 17.8 Å². The van der Waals surface area contributed by atoms with Crippen LogP contribution < -0.4 is 29.6 Å². The van der Waals surface area contributed by atoms with Crippen molar-refractivity contribution >= 4 is 16.4 Å². The summed E-state index contributed by atoms with van der Waals surface area (Å²) in [5.41, 5.74) is 0. The molecule has 0 unspecified atom stereocenters. The van der Waals surface area contributed by atoms with Crippen molar-refractivity contribution in [1.29, 1.82) is 0 Å². The molecule has 0 aromatic heterocycles. The van der Waals surface area contributed by atoms with Gasteiger partial charge in [-0.05, 0) is 6.42 Å². The molecule has 0 saturated carbocycles. The van der Waals surface area contributed by atoms with Crippen molar-refractivity contribution in [3.63, 3.8) is 0 Å². The van der Waals surface area contributed by atoms with E-state index in [1.165, 1.54) is 44.9 Å². The first-order chi connectivity index (χ1) is 9.95. The molecule has 0 radical (unpaired) electrons. The smallest absolute Gasteiger partial charge is 0.726 e. The van der Waals surface area contributed by atoms with Crippen LogP contribution in [0.4, 0.5) is 0 Å². The Balaban J connectivity index is 0. The summed E-state index contributed by atoms with van der Waals surface area (Å²) in [6.45, 7) is 1.60. The van der Waals surface area contributed by atoms with E-state index in [1.807, 2.05) is 0 Å². The van der Waals surface area contributed by atoms with Gasteiger partial charge in [0.05, 0.1) is 6.61 Å². The number of carbonyl (C=O) groups is 1. The molecule has 8 heteroatoms. The van der Waals surface area contributed by atoms with Crippen molar-refractivity contribution in [2.45, 2.75) is 71.1 Å². The van der Waals surface area contributed by atoms with E-state index in [2.05, 4.69) is 11.1 Å². The molecule has 0 fully saturated rings. The fourth-order valence-electron chi connectivity index (χ4n) is 1.94. The summed E-state index contributed by atoms with van der Waals surface area (Å²) in [5.74, 6) is -0.828. The predicted octanol–water partition coefficient (Wildman–Crippen LogP) is -0.0687. The van der Waals surface area contributed by atoms with Crippen LogP contribution in [0.5, 0.6) is 0 Å². The van der Waals surface area contributed by atoms with Gasteiger partial charge in [-0.25, -0.2) is 13.2 Å². The van der Waals surface area contributed by atoms with Crippen molar-refractivity contribution in [1.82, 2.24) is 0 Å². The Labute approximate surface area is 156 Å². The number of carbonyl (C=O) groups excluding carboxylic acids is 1. The molecular formula is C14H27NaO6S. The Morgan fingerprint density at radius 1 is 0.909 bits per heavy atom. The van der Waals surface area contributed by atoms with Gasteiger partial charge in [-0.2, -0.15) is 0 Å². The molecule has 0 aliphatic heterocycles. The minimum atomic E-state index is -4.82. The van der Waals surface area contributed by atoms with Crippen molar-refractivity contribution in [3.8, 4) is 0 Å². The van der Waals surface area contributed by atoms with E-state index in [0.717, 1.165) is 19.3 Å². The zero-order valence-electron chi connectivity index (χ0n) is 13.8. The van der Waals surface area contributed by atoms with E-state index in [4.69, 9.17) is 4.74 Å². The van der Waals surface area contributed by atoms with Gasteiger partial charge < -0.3 is 9.29 Å². The summed E-state index contributed by atoms with van der Waals surface area (Å²) in [7, 11) is -4.82. The molecule has 0 amide bonds. The molecule has 22 heavy (non-hydrogen) atoms. The van der Waals surface area contributed by atoms with Gasteiger partial charge in [-0.1, -0.05) is 64.7 Å². The third kappa shape index (κ3) is 20.3. The number of ether oxygens (including phenoxy) is 1. The van der Waals surface area contributed by atoms with Crippen molar-refractivity contribution in [3.05, 3.63) is 0 Å². The topological polar surface area (TPSA) is 92.7 Å². The Bertz CT molecular complexity index is 358. The molecule has 0 aliphatic carbocycles. The van der Waals surface area contributed by atoms with Crippen LogP contribution >= 0.6 is 0 Å². The molecule has 0 heterocycles. The Kier molecular flexibility index (Phi) is 18.1. The predicted molar refractivity (Wildman–Crippen MR) is 78.5 cm³/mol. The van der Waals surface area contributed by atoms with Crippen molar-refractivity contribution in [2.75, 3.05) is 13.2 Å². The molecular weight excluding hydrogens is 319 g/mol. The molecule has 0 bridgehead atoms. The van der Waals surface area contributed by atoms with Crippen LogP contribution in [0, 0.1) is 0 Å². The van der Waals surface area contributed by atoms with Gasteiger partial charge in [0.2, 0.25) is 10.4 Å². The fourth-order valence-corrected chi connectivity index (χ4v) is 2.18. The molecule has 0 atom stereocenters. The quantitative estimate of drug-likeness (QED) is 0.144. The molecule has 0 aromatic rings.